The Morgan fingerprint density at radius 3 is 2.20 bits per heavy atom. The molecular weight excluding hydrogens is 182 g/mol. The van der Waals surface area contributed by atoms with Crippen LogP contribution in [-0.2, 0) is 0 Å². The first kappa shape index (κ1) is 13.0. The zero-order valence-electron chi connectivity index (χ0n) is 11.2. The largest absolute Gasteiger partial charge is 0.316 e. The van der Waals surface area contributed by atoms with Gasteiger partial charge in [-0.2, -0.15) is 0 Å². The summed E-state index contributed by atoms with van der Waals surface area (Å²) in [6.45, 7) is 11.7. The third-order valence-corrected chi connectivity index (χ3v) is 3.82. The van der Waals surface area contributed by atoms with Crippen LogP contribution in [0.15, 0.2) is 0 Å². The van der Waals surface area contributed by atoms with Gasteiger partial charge in [-0.25, -0.2) is 0 Å². The molecule has 1 nitrogen and oxygen atoms in total. The summed E-state index contributed by atoms with van der Waals surface area (Å²) in [6.07, 6.45) is 8.61. The van der Waals surface area contributed by atoms with Crippen LogP contribution in [-0.4, -0.2) is 13.1 Å². The lowest BCUT2D eigenvalue weighted by Crippen LogP contribution is -2.33. The Labute approximate surface area is 96.0 Å². The van der Waals surface area contributed by atoms with E-state index >= 15 is 0 Å². The standard InChI is InChI=1S/C14H29N/c1-5-15-12-14(8-6-7-9-14)11-10-13(2,3)4/h15H,5-12H2,1-4H3. The van der Waals surface area contributed by atoms with Gasteiger partial charge < -0.3 is 5.32 Å². The fourth-order valence-corrected chi connectivity index (χ4v) is 2.67. The highest BCUT2D eigenvalue weighted by Crippen LogP contribution is 2.43. The Kier molecular flexibility index (Phi) is 4.64. The van der Waals surface area contributed by atoms with Gasteiger partial charge in [0, 0.05) is 6.54 Å². The van der Waals surface area contributed by atoms with Crippen LogP contribution in [0.1, 0.15) is 66.2 Å². The van der Waals surface area contributed by atoms with E-state index in [1.165, 1.54) is 45.1 Å². The van der Waals surface area contributed by atoms with Crippen LogP contribution in [0.25, 0.3) is 0 Å². The molecule has 1 rings (SSSR count). The van der Waals surface area contributed by atoms with E-state index < -0.39 is 0 Å². The van der Waals surface area contributed by atoms with Crippen LogP contribution < -0.4 is 5.32 Å². The monoisotopic (exact) mass is 211 g/mol. The molecule has 0 amide bonds. The molecular formula is C14H29N. The molecule has 1 saturated carbocycles. The summed E-state index contributed by atoms with van der Waals surface area (Å²) < 4.78 is 0. The van der Waals surface area contributed by atoms with Gasteiger partial charge in [0.2, 0.25) is 0 Å². The molecule has 0 aliphatic heterocycles. The Hall–Kier alpha value is -0.0400. The summed E-state index contributed by atoms with van der Waals surface area (Å²) in [5, 5.41) is 3.57. The van der Waals surface area contributed by atoms with E-state index in [0.717, 1.165) is 6.54 Å². The van der Waals surface area contributed by atoms with E-state index in [2.05, 4.69) is 33.0 Å². The van der Waals surface area contributed by atoms with Crippen molar-refractivity contribution in [1.29, 1.82) is 0 Å². The first-order chi connectivity index (χ1) is 6.97. The van der Waals surface area contributed by atoms with Gasteiger partial charge in [-0.15, -0.1) is 0 Å². The summed E-state index contributed by atoms with van der Waals surface area (Å²) in [5.41, 5.74) is 1.14. The van der Waals surface area contributed by atoms with Crippen LogP contribution in [0, 0.1) is 10.8 Å². The summed E-state index contributed by atoms with van der Waals surface area (Å²) in [7, 11) is 0. The van der Waals surface area contributed by atoms with Gasteiger partial charge >= 0.3 is 0 Å². The molecule has 1 fully saturated rings. The molecule has 90 valence electrons. The highest BCUT2D eigenvalue weighted by Gasteiger charge is 2.33. The van der Waals surface area contributed by atoms with Crippen molar-refractivity contribution >= 4 is 0 Å². The predicted molar refractivity (Wildman–Crippen MR) is 68.1 cm³/mol. The fourth-order valence-electron chi connectivity index (χ4n) is 2.67. The van der Waals surface area contributed by atoms with Gasteiger partial charge in [0.15, 0.2) is 0 Å². The molecule has 1 heteroatoms. The summed E-state index contributed by atoms with van der Waals surface area (Å²) in [4.78, 5) is 0. The van der Waals surface area contributed by atoms with Gasteiger partial charge in [-0.1, -0.05) is 40.5 Å². The van der Waals surface area contributed by atoms with Crippen molar-refractivity contribution in [3.05, 3.63) is 0 Å². The van der Waals surface area contributed by atoms with Crippen LogP contribution in [0.5, 0.6) is 0 Å². The maximum atomic E-state index is 3.57. The molecule has 1 aliphatic carbocycles. The van der Waals surface area contributed by atoms with E-state index in [9.17, 15) is 0 Å². The molecule has 0 bridgehead atoms. The Balaban J connectivity index is 2.42. The molecule has 0 spiro atoms. The second-order valence-electron chi connectivity index (χ2n) is 6.55. The number of rotatable bonds is 5. The van der Waals surface area contributed by atoms with Crippen molar-refractivity contribution in [2.45, 2.75) is 66.2 Å². The van der Waals surface area contributed by atoms with Crippen molar-refractivity contribution in [3.63, 3.8) is 0 Å². The number of hydrogen-bond donors (Lipinski definition) is 1. The first-order valence-corrected chi connectivity index (χ1v) is 6.68. The Morgan fingerprint density at radius 1 is 1.13 bits per heavy atom. The predicted octanol–water partition coefficient (Wildman–Crippen LogP) is 3.98. The van der Waals surface area contributed by atoms with E-state index in [1.54, 1.807) is 0 Å². The van der Waals surface area contributed by atoms with Crippen molar-refractivity contribution in [3.8, 4) is 0 Å². The Morgan fingerprint density at radius 2 is 1.73 bits per heavy atom. The Bertz CT molecular complexity index is 172. The van der Waals surface area contributed by atoms with Gasteiger partial charge in [0.1, 0.15) is 0 Å². The zero-order valence-corrected chi connectivity index (χ0v) is 11.2. The second kappa shape index (κ2) is 5.34. The molecule has 0 aromatic rings. The van der Waals surface area contributed by atoms with E-state index in [-0.39, 0.29) is 0 Å². The number of hydrogen-bond acceptors (Lipinski definition) is 1. The summed E-state index contributed by atoms with van der Waals surface area (Å²) in [6, 6.07) is 0. The highest BCUT2D eigenvalue weighted by atomic mass is 14.9. The maximum absolute atomic E-state index is 3.57. The van der Waals surface area contributed by atoms with Gasteiger partial charge in [-0.05, 0) is 43.1 Å². The van der Waals surface area contributed by atoms with Crippen LogP contribution >= 0.6 is 0 Å². The van der Waals surface area contributed by atoms with Gasteiger partial charge in [-0.3, -0.25) is 0 Å². The molecule has 0 saturated heterocycles. The van der Waals surface area contributed by atoms with Crippen molar-refractivity contribution in [1.82, 2.24) is 5.32 Å². The lowest BCUT2D eigenvalue weighted by Gasteiger charge is -2.32. The van der Waals surface area contributed by atoms with Crippen LogP contribution in [0.2, 0.25) is 0 Å². The molecule has 15 heavy (non-hydrogen) atoms. The molecule has 0 radical (unpaired) electrons. The summed E-state index contributed by atoms with van der Waals surface area (Å²) >= 11 is 0. The van der Waals surface area contributed by atoms with Crippen LogP contribution in [0.4, 0.5) is 0 Å². The van der Waals surface area contributed by atoms with E-state index in [0.29, 0.717) is 10.8 Å². The quantitative estimate of drug-likeness (QED) is 0.725. The highest BCUT2D eigenvalue weighted by molar-refractivity contribution is 4.87. The normalized spacial score (nSPS) is 20.8. The lowest BCUT2D eigenvalue weighted by molar-refractivity contribution is 0.211. The molecule has 0 unspecified atom stereocenters. The molecule has 1 N–H and O–H groups in total. The van der Waals surface area contributed by atoms with E-state index in [4.69, 9.17) is 0 Å². The van der Waals surface area contributed by atoms with Crippen molar-refractivity contribution in [2.24, 2.45) is 10.8 Å². The van der Waals surface area contributed by atoms with Crippen molar-refractivity contribution in [2.75, 3.05) is 13.1 Å². The SMILES string of the molecule is CCNCC1(CCC(C)(C)C)CCCC1. The average Bonchev–Trinajstić information content (AvgIpc) is 2.60. The minimum Gasteiger partial charge on any atom is -0.316 e. The minimum atomic E-state index is 0.502. The lowest BCUT2D eigenvalue weighted by atomic mass is 9.76. The molecule has 0 atom stereocenters. The smallest absolute Gasteiger partial charge is 0.000769 e. The number of nitrogens with one attached hydrogen (secondary N) is 1. The van der Waals surface area contributed by atoms with Gasteiger partial charge in [0.05, 0.1) is 0 Å². The topological polar surface area (TPSA) is 12.0 Å². The minimum absolute atomic E-state index is 0.502. The van der Waals surface area contributed by atoms with E-state index in [1.807, 2.05) is 0 Å². The maximum Gasteiger partial charge on any atom is 0.000769 e. The van der Waals surface area contributed by atoms with Crippen molar-refractivity contribution < 1.29 is 0 Å². The fraction of sp³-hybridized carbons (Fsp3) is 1.00. The molecule has 1 aliphatic rings. The third kappa shape index (κ3) is 4.55. The molecule has 0 heterocycles. The first-order valence-electron chi connectivity index (χ1n) is 6.68. The second-order valence-corrected chi connectivity index (χ2v) is 6.55. The molecule has 0 aromatic carbocycles. The third-order valence-electron chi connectivity index (χ3n) is 3.82. The van der Waals surface area contributed by atoms with Crippen LogP contribution in [0.3, 0.4) is 0 Å². The summed E-state index contributed by atoms with van der Waals surface area (Å²) in [5.74, 6) is 0. The average molecular weight is 211 g/mol. The van der Waals surface area contributed by atoms with Gasteiger partial charge in [0.25, 0.3) is 0 Å². The zero-order chi connectivity index (χ0) is 11.4. The molecule has 0 aromatic heterocycles.